The fourth-order valence-corrected chi connectivity index (χ4v) is 2.98. The fraction of sp³-hybridized carbons (Fsp3) is 0.571. The minimum atomic E-state index is -0.268. The second kappa shape index (κ2) is 5.17. The van der Waals surface area contributed by atoms with Crippen molar-refractivity contribution >= 4 is 15.9 Å². The van der Waals surface area contributed by atoms with Crippen LogP contribution in [-0.4, -0.2) is 19.2 Å². The summed E-state index contributed by atoms with van der Waals surface area (Å²) in [6, 6.07) is 5.02. The lowest BCUT2D eigenvalue weighted by atomic mass is 9.61. The predicted octanol–water partition coefficient (Wildman–Crippen LogP) is 3.74. The summed E-state index contributed by atoms with van der Waals surface area (Å²) < 4.78 is 20.0. The van der Waals surface area contributed by atoms with Gasteiger partial charge >= 0.3 is 0 Å². The summed E-state index contributed by atoms with van der Waals surface area (Å²) in [6.07, 6.45) is 2.14. The Morgan fingerprint density at radius 1 is 1.56 bits per heavy atom. The van der Waals surface area contributed by atoms with Crippen molar-refractivity contribution in [2.75, 3.05) is 7.05 Å². The zero-order valence-electron chi connectivity index (χ0n) is 11.0. The molecule has 0 bridgehead atoms. The highest BCUT2D eigenvalue weighted by Crippen LogP contribution is 2.46. The molecule has 2 nitrogen and oxygen atoms in total. The topological polar surface area (TPSA) is 21.3 Å². The van der Waals surface area contributed by atoms with Gasteiger partial charge in [-0.3, -0.25) is 0 Å². The van der Waals surface area contributed by atoms with E-state index >= 15 is 0 Å². The van der Waals surface area contributed by atoms with Crippen LogP contribution in [0.1, 0.15) is 26.7 Å². The van der Waals surface area contributed by atoms with Crippen LogP contribution < -0.4 is 10.1 Å². The van der Waals surface area contributed by atoms with Crippen molar-refractivity contribution in [3.8, 4) is 5.75 Å². The van der Waals surface area contributed by atoms with Gasteiger partial charge in [0, 0.05) is 23.9 Å². The maximum atomic E-state index is 13.2. The second-order valence-corrected chi connectivity index (χ2v) is 5.97. The van der Waals surface area contributed by atoms with Gasteiger partial charge in [-0.15, -0.1) is 0 Å². The molecule has 0 aromatic heterocycles. The Bertz CT molecular complexity index is 440. The van der Waals surface area contributed by atoms with Crippen LogP contribution in [0.25, 0.3) is 0 Å². The number of rotatable bonds is 4. The highest BCUT2D eigenvalue weighted by molar-refractivity contribution is 9.10. The molecule has 4 heteroatoms. The Labute approximate surface area is 116 Å². The molecule has 2 rings (SSSR count). The molecular weight excluding hydrogens is 297 g/mol. The monoisotopic (exact) mass is 315 g/mol. The van der Waals surface area contributed by atoms with Gasteiger partial charge in [0.1, 0.15) is 17.7 Å². The molecule has 0 amide bonds. The lowest BCUT2D eigenvalue weighted by molar-refractivity contribution is -0.0682. The lowest BCUT2D eigenvalue weighted by Crippen LogP contribution is -2.62. The molecule has 1 aliphatic carbocycles. The third-order valence-corrected chi connectivity index (χ3v) is 4.91. The first-order valence-electron chi connectivity index (χ1n) is 6.30. The van der Waals surface area contributed by atoms with Crippen LogP contribution in [0.2, 0.25) is 0 Å². The fourth-order valence-electron chi connectivity index (χ4n) is 2.64. The molecule has 0 spiro atoms. The molecule has 1 fully saturated rings. The van der Waals surface area contributed by atoms with Gasteiger partial charge in [-0.2, -0.15) is 0 Å². The van der Waals surface area contributed by atoms with Crippen molar-refractivity contribution in [1.82, 2.24) is 5.32 Å². The van der Waals surface area contributed by atoms with E-state index in [9.17, 15) is 4.39 Å². The van der Waals surface area contributed by atoms with Gasteiger partial charge in [0.25, 0.3) is 0 Å². The van der Waals surface area contributed by atoms with Crippen LogP contribution in [-0.2, 0) is 0 Å². The van der Waals surface area contributed by atoms with Gasteiger partial charge in [-0.1, -0.05) is 13.8 Å². The lowest BCUT2D eigenvalue weighted by Gasteiger charge is -2.53. The average Bonchev–Trinajstić information content (AvgIpc) is 2.36. The van der Waals surface area contributed by atoms with E-state index in [1.807, 2.05) is 7.05 Å². The van der Waals surface area contributed by atoms with E-state index in [0.29, 0.717) is 11.8 Å². The Balaban J connectivity index is 2.13. The normalized spacial score (nSPS) is 30.9. The van der Waals surface area contributed by atoms with Gasteiger partial charge in [-0.25, -0.2) is 4.39 Å². The smallest absolute Gasteiger partial charge is 0.136 e. The Morgan fingerprint density at radius 3 is 2.89 bits per heavy atom. The maximum absolute atomic E-state index is 13.2. The summed E-state index contributed by atoms with van der Waals surface area (Å²) in [4.78, 5) is 0. The van der Waals surface area contributed by atoms with Gasteiger partial charge in [0.2, 0.25) is 0 Å². The number of hydrogen-bond acceptors (Lipinski definition) is 2. The Morgan fingerprint density at radius 2 is 2.28 bits per heavy atom. The van der Waals surface area contributed by atoms with Gasteiger partial charge in [-0.05, 0) is 41.5 Å². The number of benzene rings is 1. The summed E-state index contributed by atoms with van der Waals surface area (Å²) in [5.74, 6) is 0.324. The van der Waals surface area contributed by atoms with Crippen molar-refractivity contribution in [2.24, 2.45) is 5.41 Å². The highest BCUT2D eigenvalue weighted by Gasteiger charge is 2.51. The Hall–Kier alpha value is -0.610. The molecule has 18 heavy (non-hydrogen) atoms. The van der Waals surface area contributed by atoms with E-state index in [2.05, 4.69) is 35.1 Å². The van der Waals surface area contributed by atoms with Crippen molar-refractivity contribution in [1.29, 1.82) is 0 Å². The van der Waals surface area contributed by atoms with E-state index in [0.717, 1.165) is 17.3 Å². The number of nitrogens with one attached hydrogen (secondary N) is 1. The zero-order valence-corrected chi connectivity index (χ0v) is 12.6. The van der Waals surface area contributed by atoms with E-state index < -0.39 is 0 Å². The maximum Gasteiger partial charge on any atom is 0.136 e. The molecular formula is C14H19BrFNO. The molecule has 3 atom stereocenters. The van der Waals surface area contributed by atoms with Crippen molar-refractivity contribution in [3.63, 3.8) is 0 Å². The van der Waals surface area contributed by atoms with E-state index in [1.165, 1.54) is 12.1 Å². The summed E-state index contributed by atoms with van der Waals surface area (Å²) in [7, 11) is 1.98. The molecule has 1 aliphatic rings. The number of halogens is 2. The van der Waals surface area contributed by atoms with Crippen LogP contribution in [0, 0.1) is 11.2 Å². The van der Waals surface area contributed by atoms with Crippen LogP contribution >= 0.6 is 15.9 Å². The Kier molecular flexibility index (Phi) is 3.97. The van der Waals surface area contributed by atoms with Gasteiger partial charge < -0.3 is 10.1 Å². The van der Waals surface area contributed by atoms with Crippen LogP contribution in [0.4, 0.5) is 4.39 Å². The quantitative estimate of drug-likeness (QED) is 0.913. The standard InChI is InChI=1S/C14H19BrFNO/c1-4-14(2)12(17-3)8-13(14)18-11-7-9(16)5-6-10(11)15/h5-7,12-13,17H,4,8H2,1-3H3. The molecule has 1 aromatic rings. The average molecular weight is 316 g/mol. The molecule has 100 valence electrons. The third kappa shape index (κ3) is 2.28. The highest BCUT2D eigenvalue weighted by atomic mass is 79.9. The van der Waals surface area contributed by atoms with E-state index in [4.69, 9.17) is 4.74 Å². The minimum Gasteiger partial charge on any atom is -0.488 e. The molecule has 1 N–H and O–H groups in total. The molecule has 0 saturated heterocycles. The summed E-state index contributed by atoms with van der Waals surface area (Å²) in [5.41, 5.74) is 0.112. The molecule has 1 aromatic carbocycles. The SMILES string of the molecule is CCC1(C)C(NC)CC1Oc1cc(F)ccc1Br. The first-order valence-corrected chi connectivity index (χ1v) is 7.09. The second-order valence-electron chi connectivity index (χ2n) is 5.12. The third-order valence-electron chi connectivity index (χ3n) is 4.25. The van der Waals surface area contributed by atoms with E-state index in [1.54, 1.807) is 6.07 Å². The molecule has 0 aliphatic heterocycles. The molecule has 3 unspecified atom stereocenters. The van der Waals surface area contributed by atoms with E-state index in [-0.39, 0.29) is 17.3 Å². The molecule has 0 radical (unpaired) electrons. The molecule has 0 heterocycles. The first kappa shape index (κ1) is 13.8. The zero-order chi connectivity index (χ0) is 13.3. The predicted molar refractivity (Wildman–Crippen MR) is 74.4 cm³/mol. The summed E-state index contributed by atoms with van der Waals surface area (Å²) >= 11 is 3.40. The largest absolute Gasteiger partial charge is 0.488 e. The minimum absolute atomic E-state index is 0.112. The van der Waals surface area contributed by atoms with Crippen LogP contribution in [0.3, 0.4) is 0 Å². The van der Waals surface area contributed by atoms with Crippen LogP contribution in [0.15, 0.2) is 22.7 Å². The number of hydrogen-bond donors (Lipinski definition) is 1. The number of ether oxygens (including phenoxy) is 1. The van der Waals surface area contributed by atoms with Crippen LogP contribution in [0.5, 0.6) is 5.75 Å². The van der Waals surface area contributed by atoms with Crippen molar-refractivity contribution in [3.05, 3.63) is 28.5 Å². The molecule has 1 saturated carbocycles. The van der Waals surface area contributed by atoms with Gasteiger partial charge in [0.15, 0.2) is 0 Å². The van der Waals surface area contributed by atoms with Crippen molar-refractivity contribution in [2.45, 2.75) is 38.8 Å². The summed E-state index contributed by atoms with van der Waals surface area (Å²) in [5, 5.41) is 3.32. The van der Waals surface area contributed by atoms with Gasteiger partial charge in [0.05, 0.1) is 4.47 Å². The first-order chi connectivity index (χ1) is 8.51. The van der Waals surface area contributed by atoms with Crippen molar-refractivity contribution < 1.29 is 9.13 Å². The summed E-state index contributed by atoms with van der Waals surface area (Å²) in [6.45, 7) is 4.38.